The molecule has 0 amide bonds. The highest BCUT2D eigenvalue weighted by Gasteiger charge is 2.24. The van der Waals surface area contributed by atoms with Crippen LogP contribution in [0.4, 0.5) is 0 Å². The molecule has 0 rings (SSSR count). The fourth-order valence-corrected chi connectivity index (χ4v) is 1.71. The highest BCUT2D eigenvalue weighted by Crippen LogP contribution is 2.07. The molecule has 0 fully saturated rings. The average Bonchev–Trinajstić information content (AvgIpc) is 2.24. The fourth-order valence-electron chi connectivity index (χ4n) is 1.71. The zero-order valence-electron chi connectivity index (χ0n) is 10.5. The van der Waals surface area contributed by atoms with Crippen LogP contribution in [0.25, 0.3) is 0 Å². The second-order valence-corrected chi connectivity index (χ2v) is 4.35. The van der Waals surface area contributed by atoms with Crippen molar-refractivity contribution in [2.24, 2.45) is 17.2 Å². The first kappa shape index (κ1) is 15.5. The summed E-state index contributed by atoms with van der Waals surface area (Å²) in [6, 6.07) is -0.539. The van der Waals surface area contributed by atoms with Gasteiger partial charge in [-0.2, -0.15) is 0 Å². The molecule has 0 saturated carbocycles. The Balaban J connectivity index is 4.15. The summed E-state index contributed by atoms with van der Waals surface area (Å²) in [5.41, 5.74) is 16.8. The molecule has 0 aromatic carbocycles. The van der Waals surface area contributed by atoms with Crippen molar-refractivity contribution in [2.75, 3.05) is 27.2 Å². The molecule has 0 aromatic heterocycles. The van der Waals surface area contributed by atoms with Gasteiger partial charge in [0.15, 0.2) is 5.78 Å². The van der Waals surface area contributed by atoms with E-state index >= 15 is 0 Å². The minimum absolute atomic E-state index is 0.0903. The van der Waals surface area contributed by atoms with Gasteiger partial charge < -0.3 is 17.2 Å². The predicted octanol–water partition coefficient (Wildman–Crippen LogP) is -0.709. The average molecular weight is 230 g/mol. The highest BCUT2D eigenvalue weighted by molar-refractivity contribution is 5.88. The van der Waals surface area contributed by atoms with Crippen LogP contribution in [0.15, 0.2) is 0 Å². The van der Waals surface area contributed by atoms with Crippen LogP contribution in [0.2, 0.25) is 0 Å². The van der Waals surface area contributed by atoms with Gasteiger partial charge in [0.2, 0.25) is 0 Å². The molecule has 96 valence electrons. The number of nitrogens with zero attached hydrogens (tertiary/aromatic N) is 1. The van der Waals surface area contributed by atoms with E-state index in [9.17, 15) is 4.79 Å². The Hall–Kier alpha value is -0.490. The van der Waals surface area contributed by atoms with Crippen molar-refractivity contribution in [1.82, 2.24) is 4.90 Å². The van der Waals surface area contributed by atoms with Crippen molar-refractivity contribution in [3.05, 3.63) is 0 Å². The van der Waals surface area contributed by atoms with Gasteiger partial charge in [0.05, 0.1) is 12.1 Å². The molecule has 5 heteroatoms. The summed E-state index contributed by atoms with van der Waals surface area (Å²) in [6.07, 6.45) is 3.21. The van der Waals surface area contributed by atoms with Crippen LogP contribution in [0.1, 0.15) is 25.7 Å². The second-order valence-electron chi connectivity index (χ2n) is 4.35. The van der Waals surface area contributed by atoms with Gasteiger partial charge in [0.25, 0.3) is 0 Å². The van der Waals surface area contributed by atoms with Gasteiger partial charge in [-0.15, -0.1) is 0 Å². The fraction of sp³-hybridized carbons (Fsp3) is 0.909. The molecule has 0 saturated heterocycles. The van der Waals surface area contributed by atoms with Crippen molar-refractivity contribution >= 4 is 5.78 Å². The van der Waals surface area contributed by atoms with Crippen molar-refractivity contribution < 1.29 is 4.79 Å². The van der Waals surface area contributed by atoms with Gasteiger partial charge in [0, 0.05) is 0 Å². The van der Waals surface area contributed by atoms with Crippen LogP contribution in [0, 0.1) is 0 Å². The number of hydrogen-bond acceptors (Lipinski definition) is 5. The molecule has 0 spiro atoms. The third-order valence-corrected chi connectivity index (χ3v) is 2.73. The maximum absolute atomic E-state index is 12.0. The third-order valence-electron chi connectivity index (χ3n) is 2.73. The maximum Gasteiger partial charge on any atom is 0.166 e. The lowest BCUT2D eigenvalue weighted by Gasteiger charge is -2.25. The first-order chi connectivity index (χ1) is 7.54. The summed E-state index contributed by atoms with van der Waals surface area (Å²) in [5, 5.41) is 0. The Morgan fingerprint density at radius 3 is 2.19 bits per heavy atom. The molecular weight excluding hydrogens is 204 g/mol. The van der Waals surface area contributed by atoms with Crippen LogP contribution in [-0.4, -0.2) is 50.0 Å². The van der Waals surface area contributed by atoms with E-state index in [4.69, 9.17) is 17.2 Å². The van der Waals surface area contributed by atoms with Crippen LogP contribution in [-0.2, 0) is 4.79 Å². The number of carbonyl (C=O) groups is 1. The predicted molar refractivity (Wildman–Crippen MR) is 67.0 cm³/mol. The largest absolute Gasteiger partial charge is 0.330 e. The minimum Gasteiger partial charge on any atom is -0.330 e. The first-order valence-electron chi connectivity index (χ1n) is 5.90. The Morgan fingerprint density at radius 1 is 1.12 bits per heavy atom. The summed E-state index contributed by atoms with van der Waals surface area (Å²) in [5.74, 6) is 0.0903. The van der Waals surface area contributed by atoms with E-state index < -0.39 is 0 Å². The molecule has 1 unspecified atom stereocenters. The maximum atomic E-state index is 12.0. The number of carbonyl (C=O) groups excluding carboxylic acids is 1. The zero-order valence-corrected chi connectivity index (χ0v) is 10.5. The highest BCUT2D eigenvalue weighted by atomic mass is 16.1. The van der Waals surface area contributed by atoms with Crippen molar-refractivity contribution in [3.8, 4) is 0 Å². The molecule has 0 radical (unpaired) electrons. The minimum atomic E-state index is -0.384. The van der Waals surface area contributed by atoms with E-state index in [-0.39, 0.29) is 17.9 Å². The topological polar surface area (TPSA) is 98.4 Å². The number of rotatable bonds is 9. The van der Waals surface area contributed by atoms with Crippen LogP contribution >= 0.6 is 0 Å². The summed E-state index contributed by atoms with van der Waals surface area (Å²) >= 11 is 0. The number of hydrogen-bond donors (Lipinski definition) is 3. The SMILES string of the molecule is CN(C)C(CCN)C(=O)[C@@H](N)CCCCN. The summed E-state index contributed by atoms with van der Waals surface area (Å²) in [6.45, 7) is 1.16. The van der Waals surface area contributed by atoms with Crippen molar-refractivity contribution in [1.29, 1.82) is 0 Å². The Morgan fingerprint density at radius 2 is 1.75 bits per heavy atom. The van der Waals surface area contributed by atoms with E-state index in [2.05, 4.69) is 0 Å². The van der Waals surface area contributed by atoms with E-state index in [0.29, 0.717) is 25.9 Å². The number of Topliss-reactive ketones (excluding diaryl/α,β-unsaturated/α-hetero) is 1. The number of nitrogens with two attached hydrogens (primary N) is 3. The van der Waals surface area contributed by atoms with Gasteiger partial charge in [0.1, 0.15) is 0 Å². The van der Waals surface area contributed by atoms with Gasteiger partial charge >= 0.3 is 0 Å². The summed E-state index contributed by atoms with van der Waals surface area (Å²) < 4.78 is 0. The number of ketones is 1. The lowest BCUT2D eigenvalue weighted by molar-refractivity contribution is -0.125. The molecule has 5 nitrogen and oxygen atoms in total. The molecule has 2 atom stereocenters. The molecule has 0 aliphatic carbocycles. The lowest BCUT2D eigenvalue weighted by atomic mass is 9.98. The van der Waals surface area contributed by atoms with Crippen LogP contribution in [0.5, 0.6) is 0 Å². The first-order valence-corrected chi connectivity index (χ1v) is 5.90. The monoisotopic (exact) mass is 230 g/mol. The summed E-state index contributed by atoms with van der Waals surface area (Å²) in [7, 11) is 3.76. The number of likely N-dealkylation sites (N-methyl/N-ethyl adjacent to an activating group) is 1. The Labute approximate surface area is 98.3 Å². The Kier molecular flexibility index (Phi) is 8.37. The Bertz CT molecular complexity index is 196. The van der Waals surface area contributed by atoms with Crippen LogP contribution in [0.3, 0.4) is 0 Å². The summed E-state index contributed by atoms with van der Waals surface area (Å²) in [4.78, 5) is 13.9. The van der Waals surface area contributed by atoms with E-state index in [1.165, 1.54) is 0 Å². The third kappa shape index (κ3) is 5.55. The molecule has 0 aromatic rings. The molecule has 0 aliphatic heterocycles. The van der Waals surface area contributed by atoms with Crippen molar-refractivity contribution in [2.45, 2.75) is 37.8 Å². The van der Waals surface area contributed by atoms with Gasteiger partial charge in [-0.1, -0.05) is 6.42 Å². The molecule has 0 bridgehead atoms. The van der Waals surface area contributed by atoms with E-state index in [1.54, 1.807) is 0 Å². The molecule has 6 N–H and O–H groups in total. The zero-order chi connectivity index (χ0) is 12.6. The smallest absolute Gasteiger partial charge is 0.166 e. The second kappa shape index (κ2) is 8.64. The van der Waals surface area contributed by atoms with E-state index in [1.807, 2.05) is 19.0 Å². The van der Waals surface area contributed by atoms with Crippen molar-refractivity contribution in [3.63, 3.8) is 0 Å². The van der Waals surface area contributed by atoms with Gasteiger partial charge in [-0.25, -0.2) is 0 Å². The lowest BCUT2D eigenvalue weighted by Crippen LogP contribution is -2.46. The molecule has 0 aliphatic rings. The van der Waals surface area contributed by atoms with Gasteiger partial charge in [-0.05, 0) is 46.4 Å². The van der Waals surface area contributed by atoms with E-state index in [0.717, 1.165) is 12.8 Å². The molecule has 16 heavy (non-hydrogen) atoms. The quantitative estimate of drug-likeness (QED) is 0.455. The van der Waals surface area contributed by atoms with Gasteiger partial charge in [-0.3, -0.25) is 9.69 Å². The number of unbranched alkanes of at least 4 members (excludes halogenated alkanes) is 1. The molecular formula is C11H26N4O. The molecule has 0 heterocycles. The van der Waals surface area contributed by atoms with Crippen LogP contribution < -0.4 is 17.2 Å². The normalized spacial score (nSPS) is 15.1. The standard InChI is InChI=1S/C11H26N4O/c1-15(2)10(6-8-13)11(16)9(14)5-3-4-7-12/h9-10H,3-8,12-14H2,1-2H3/t9-,10?/m0/s1.